The van der Waals surface area contributed by atoms with Crippen molar-refractivity contribution in [3.8, 4) is 0 Å². The fourth-order valence-electron chi connectivity index (χ4n) is 2.49. The van der Waals surface area contributed by atoms with E-state index >= 15 is 0 Å². The summed E-state index contributed by atoms with van der Waals surface area (Å²) in [6.45, 7) is 8.66. The van der Waals surface area contributed by atoms with Crippen LogP contribution < -0.4 is 5.32 Å². The maximum absolute atomic E-state index is 4.40. The van der Waals surface area contributed by atoms with Gasteiger partial charge >= 0.3 is 0 Å². The van der Waals surface area contributed by atoms with Crippen LogP contribution in [-0.4, -0.2) is 4.98 Å². The van der Waals surface area contributed by atoms with Crippen LogP contribution in [-0.2, 0) is 0 Å². The summed E-state index contributed by atoms with van der Waals surface area (Å²) in [6.07, 6.45) is 1.84. The molecule has 1 heterocycles. The molecule has 0 saturated heterocycles. The summed E-state index contributed by atoms with van der Waals surface area (Å²) >= 11 is 0. The highest BCUT2D eigenvalue weighted by atomic mass is 15.0. The molecule has 2 nitrogen and oxygen atoms in total. The van der Waals surface area contributed by atoms with Gasteiger partial charge in [-0.05, 0) is 51.0 Å². The van der Waals surface area contributed by atoms with Crippen LogP contribution in [0.1, 0.15) is 48.3 Å². The lowest BCUT2D eigenvalue weighted by Gasteiger charge is -2.21. The van der Waals surface area contributed by atoms with Crippen LogP contribution in [0.3, 0.4) is 0 Å². The number of rotatable bonds is 4. The Hall–Kier alpha value is -1.67. The number of benzene rings is 1. The number of aromatic nitrogens is 1. The molecule has 1 N–H and O–H groups in total. The van der Waals surface area contributed by atoms with Gasteiger partial charge < -0.3 is 5.32 Å². The van der Waals surface area contributed by atoms with E-state index in [-0.39, 0.29) is 6.04 Å². The molecule has 0 aliphatic heterocycles. The van der Waals surface area contributed by atoms with Crippen LogP contribution in [0.5, 0.6) is 0 Å². The lowest BCUT2D eigenvalue weighted by Crippen LogP contribution is -2.23. The van der Waals surface area contributed by atoms with E-state index in [1.54, 1.807) is 0 Å². The summed E-state index contributed by atoms with van der Waals surface area (Å²) < 4.78 is 0. The Kier molecular flexibility index (Phi) is 4.33. The summed E-state index contributed by atoms with van der Waals surface area (Å²) in [5.41, 5.74) is 5.09. The van der Waals surface area contributed by atoms with Crippen molar-refractivity contribution >= 4 is 0 Å². The summed E-state index contributed by atoms with van der Waals surface area (Å²) in [4.78, 5) is 4.40. The Morgan fingerprint density at radius 2 is 1.79 bits per heavy atom. The van der Waals surface area contributed by atoms with Gasteiger partial charge in [0, 0.05) is 18.3 Å². The molecule has 2 aromatic rings. The molecule has 100 valence electrons. The lowest BCUT2D eigenvalue weighted by atomic mass is 9.99. The Labute approximate surface area is 115 Å². The fourth-order valence-corrected chi connectivity index (χ4v) is 2.49. The van der Waals surface area contributed by atoms with Gasteiger partial charge in [0.25, 0.3) is 0 Å². The fraction of sp³-hybridized carbons (Fsp3) is 0.353. The van der Waals surface area contributed by atoms with Gasteiger partial charge in [-0.3, -0.25) is 4.98 Å². The van der Waals surface area contributed by atoms with Crippen LogP contribution in [0, 0.1) is 13.8 Å². The predicted octanol–water partition coefficient (Wildman–Crippen LogP) is 4.11. The molecule has 2 atom stereocenters. The van der Waals surface area contributed by atoms with E-state index in [0.29, 0.717) is 6.04 Å². The minimum absolute atomic E-state index is 0.247. The highest BCUT2D eigenvalue weighted by molar-refractivity contribution is 5.32. The molecule has 0 bridgehead atoms. The largest absolute Gasteiger partial charge is 0.302 e. The molecule has 1 aromatic heterocycles. The first-order valence-electron chi connectivity index (χ1n) is 6.82. The number of hydrogen-bond acceptors (Lipinski definition) is 2. The van der Waals surface area contributed by atoms with E-state index < -0.39 is 0 Å². The molecule has 0 fully saturated rings. The topological polar surface area (TPSA) is 24.9 Å². The monoisotopic (exact) mass is 254 g/mol. The second-order valence-electron chi connectivity index (χ2n) is 5.22. The molecule has 0 amide bonds. The van der Waals surface area contributed by atoms with Crippen molar-refractivity contribution in [1.29, 1.82) is 0 Å². The summed E-state index contributed by atoms with van der Waals surface area (Å²) in [5, 5.41) is 3.61. The molecule has 0 spiro atoms. The predicted molar refractivity (Wildman–Crippen MR) is 80.1 cm³/mol. The van der Waals surface area contributed by atoms with E-state index in [9.17, 15) is 0 Å². The zero-order chi connectivity index (χ0) is 13.8. The van der Waals surface area contributed by atoms with Crippen molar-refractivity contribution in [2.24, 2.45) is 0 Å². The number of nitrogens with one attached hydrogen (secondary N) is 1. The number of aryl methyl sites for hydroxylation is 2. The first-order chi connectivity index (χ1) is 9.08. The maximum Gasteiger partial charge on any atom is 0.0570 e. The molecule has 2 rings (SSSR count). The van der Waals surface area contributed by atoms with Crippen LogP contribution in [0.15, 0.2) is 42.6 Å². The normalized spacial score (nSPS) is 14.1. The van der Waals surface area contributed by atoms with Gasteiger partial charge in [0.1, 0.15) is 0 Å². The maximum atomic E-state index is 4.40. The molecule has 0 saturated carbocycles. The zero-order valence-corrected chi connectivity index (χ0v) is 12.1. The van der Waals surface area contributed by atoms with Crippen LogP contribution in [0.4, 0.5) is 0 Å². The highest BCUT2D eigenvalue weighted by Crippen LogP contribution is 2.21. The molecule has 1 aromatic carbocycles. The third-order valence-corrected chi connectivity index (χ3v) is 3.52. The quantitative estimate of drug-likeness (QED) is 0.888. The van der Waals surface area contributed by atoms with E-state index in [0.717, 1.165) is 5.69 Å². The Balaban J connectivity index is 2.10. The van der Waals surface area contributed by atoms with Crippen LogP contribution in [0.25, 0.3) is 0 Å². The van der Waals surface area contributed by atoms with Crippen molar-refractivity contribution in [3.05, 3.63) is 65.0 Å². The summed E-state index contributed by atoms with van der Waals surface area (Å²) in [5.74, 6) is 0. The van der Waals surface area contributed by atoms with Gasteiger partial charge in [-0.15, -0.1) is 0 Å². The summed E-state index contributed by atoms with van der Waals surface area (Å²) in [6, 6.07) is 13.2. The second-order valence-corrected chi connectivity index (χ2v) is 5.22. The van der Waals surface area contributed by atoms with Gasteiger partial charge in [0.2, 0.25) is 0 Å². The van der Waals surface area contributed by atoms with Crippen LogP contribution >= 0.6 is 0 Å². The van der Waals surface area contributed by atoms with Gasteiger partial charge in [-0.1, -0.05) is 29.8 Å². The third-order valence-electron chi connectivity index (χ3n) is 3.52. The van der Waals surface area contributed by atoms with Crippen LogP contribution in [0.2, 0.25) is 0 Å². The van der Waals surface area contributed by atoms with E-state index in [4.69, 9.17) is 0 Å². The van der Waals surface area contributed by atoms with Crippen molar-refractivity contribution in [2.45, 2.75) is 39.8 Å². The van der Waals surface area contributed by atoms with Gasteiger partial charge in [-0.25, -0.2) is 0 Å². The average molecular weight is 254 g/mol. The third kappa shape index (κ3) is 3.42. The number of hydrogen-bond donors (Lipinski definition) is 1. The Morgan fingerprint density at radius 1 is 1.00 bits per heavy atom. The first kappa shape index (κ1) is 13.8. The minimum atomic E-state index is 0.247. The summed E-state index contributed by atoms with van der Waals surface area (Å²) in [7, 11) is 0. The minimum Gasteiger partial charge on any atom is -0.302 e. The number of nitrogens with zero attached hydrogens (tertiary/aromatic N) is 1. The Bertz CT molecular complexity index is 534. The van der Waals surface area contributed by atoms with Gasteiger partial charge in [0.15, 0.2) is 0 Å². The van der Waals surface area contributed by atoms with Crippen molar-refractivity contribution in [3.63, 3.8) is 0 Å². The number of pyridine rings is 1. The standard InChI is InChI=1S/C17H22N2/c1-12-8-9-16(13(2)11-12)14(3)19-15(4)17-7-5-6-10-18-17/h5-11,14-15,19H,1-4H3/t14?,15-/m1/s1. The molecular formula is C17H22N2. The van der Waals surface area contributed by atoms with Gasteiger partial charge in [-0.2, -0.15) is 0 Å². The molecule has 0 aliphatic rings. The van der Waals surface area contributed by atoms with Crippen molar-refractivity contribution in [2.75, 3.05) is 0 Å². The molecule has 2 heteroatoms. The van der Waals surface area contributed by atoms with E-state index in [1.165, 1.54) is 16.7 Å². The SMILES string of the molecule is Cc1ccc(C(C)N[C@H](C)c2ccccn2)c(C)c1. The smallest absolute Gasteiger partial charge is 0.0570 e. The highest BCUT2D eigenvalue weighted by Gasteiger charge is 2.13. The van der Waals surface area contributed by atoms with Crippen molar-refractivity contribution in [1.82, 2.24) is 10.3 Å². The molecular weight excluding hydrogens is 232 g/mol. The Morgan fingerprint density at radius 3 is 2.42 bits per heavy atom. The molecule has 0 aliphatic carbocycles. The lowest BCUT2D eigenvalue weighted by molar-refractivity contribution is 0.485. The van der Waals surface area contributed by atoms with E-state index in [2.05, 4.69) is 62.3 Å². The molecule has 1 unspecified atom stereocenters. The van der Waals surface area contributed by atoms with Gasteiger partial charge in [0.05, 0.1) is 5.69 Å². The molecule has 0 radical (unpaired) electrons. The second kappa shape index (κ2) is 5.98. The van der Waals surface area contributed by atoms with Crippen molar-refractivity contribution < 1.29 is 0 Å². The first-order valence-corrected chi connectivity index (χ1v) is 6.82. The molecule has 19 heavy (non-hydrogen) atoms. The zero-order valence-electron chi connectivity index (χ0n) is 12.1. The van der Waals surface area contributed by atoms with E-state index in [1.807, 2.05) is 18.3 Å². The average Bonchev–Trinajstić information content (AvgIpc) is 2.39.